The van der Waals surface area contributed by atoms with E-state index in [-0.39, 0.29) is 23.5 Å². The van der Waals surface area contributed by atoms with Gasteiger partial charge in [-0.15, -0.1) is 0 Å². The van der Waals surface area contributed by atoms with E-state index in [0.717, 1.165) is 10.8 Å². The van der Waals surface area contributed by atoms with Gasteiger partial charge >= 0.3 is 0 Å². The van der Waals surface area contributed by atoms with Crippen molar-refractivity contribution in [3.63, 3.8) is 0 Å². The third kappa shape index (κ3) is 2.74. The number of amides is 1. The first-order valence-corrected chi connectivity index (χ1v) is 9.46. The molecular formula is C22H16ClFN2O2. The molecule has 1 fully saturated rings. The van der Waals surface area contributed by atoms with Crippen LogP contribution in [-0.4, -0.2) is 35.7 Å². The lowest BCUT2D eigenvalue weighted by Gasteiger charge is -2.17. The zero-order valence-corrected chi connectivity index (χ0v) is 15.6. The fraction of sp³-hybridized carbons (Fsp3) is 0.182. The Kier molecular flexibility index (Phi) is 4.05. The molecule has 2 aliphatic rings. The van der Waals surface area contributed by atoms with Crippen LogP contribution in [0.25, 0.3) is 10.8 Å². The van der Waals surface area contributed by atoms with E-state index in [2.05, 4.69) is 5.16 Å². The summed E-state index contributed by atoms with van der Waals surface area (Å²) in [6.45, 7) is 0.829. The van der Waals surface area contributed by atoms with Crippen molar-refractivity contribution in [3.05, 3.63) is 82.6 Å². The van der Waals surface area contributed by atoms with Crippen molar-refractivity contribution >= 4 is 34.0 Å². The molecule has 3 aromatic carbocycles. The highest BCUT2D eigenvalue weighted by Crippen LogP contribution is 2.34. The van der Waals surface area contributed by atoms with Crippen LogP contribution in [0.15, 0.2) is 65.8 Å². The molecule has 6 heteroatoms. The average Bonchev–Trinajstić information content (AvgIpc) is 3.29. The van der Waals surface area contributed by atoms with Crippen molar-refractivity contribution < 1.29 is 14.0 Å². The fourth-order valence-corrected chi connectivity index (χ4v) is 4.24. The maximum atomic E-state index is 14.3. The lowest BCUT2D eigenvalue weighted by Crippen LogP contribution is -2.30. The minimum Gasteiger partial charge on any atom is -0.390 e. The van der Waals surface area contributed by atoms with Gasteiger partial charge in [-0.25, -0.2) is 4.39 Å². The van der Waals surface area contributed by atoms with E-state index in [9.17, 15) is 9.18 Å². The van der Waals surface area contributed by atoms with Gasteiger partial charge in [0, 0.05) is 12.1 Å². The molecule has 0 spiro atoms. The number of nitrogens with zero attached hydrogens (tertiary/aromatic N) is 2. The molecule has 2 aliphatic heterocycles. The van der Waals surface area contributed by atoms with Gasteiger partial charge in [-0.2, -0.15) is 0 Å². The Hall–Kier alpha value is -2.92. The van der Waals surface area contributed by atoms with Gasteiger partial charge in [0.2, 0.25) is 0 Å². The molecule has 5 rings (SSSR count). The standard InChI is InChI=1S/C22H16ClFN2O2/c23-17-6-3-7-18(24)20(17)21-16-11-26(12-19(16)28-25-21)22(27)15-9-8-13-4-1-2-5-14(13)10-15/h1-10,16,19H,11-12H2. The number of halogens is 2. The number of carbonyl (C=O) groups is 1. The fourth-order valence-electron chi connectivity index (χ4n) is 3.98. The zero-order valence-electron chi connectivity index (χ0n) is 14.8. The van der Waals surface area contributed by atoms with Crippen LogP contribution >= 0.6 is 11.6 Å². The summed E-state index contributed by atoms with van der Waals surface area (Å²) in [6.07, 6.45) is -0.282. The summed E-state index contributed by atoms with van der Waals surface area (Å²) in [7, 11) is 0. The molecule has 0 saturated carbocycles. The van der Waals surface area contributed by atoms with Gasteiger partial charge in [0.15, 0.2) is 6.10 Å². The Labute approximate surface area is 166 Å². The minimum atomic E-state index is -0.435. The van der Waals surface area contributed by atoms with E-state index >= 15 is 0 Å². The van der Waals surface area contributed by atoms with Crippen LogP contribution in [-0.2, 0) is 4.84 Å². The molecule has 0 bridgehead atoms. The van der Waals surface area contributed by atoms with Gasteiger partial charge in [0.1, 0.15) is 11.5 Å². The van der Waals surface area contributed by atoms with Crippen molar-refractivity contribution in [3.8, 4) is 0 Å². The van der Waals surface area contributed by atoms with Crippen molar-refractivity contribution in [2.75, 3.05) is 13.1 Å². The number of rotatable bonds is 2. The van der Waals surface area contributed by atoms with E-state index < -0.39 is 5.82 Å². The molecule has 1 amide bonds. The molecule has 140 valence electrons. The molecule has 0 radical (unpaired) electrons. The van der Waals surface area contributed by atoms with Crippen molar-refractivity contribution in [2.45, 2.75) is 6.10 Å². The van der Waals surface area contributed by atoms with Gasteiger partial charge in [-0.05, 0) is 35.0 Å². The van der Waals surface area contributed by atoms with Crippen LogP contribution < -0.4 is 0 Å². The molecule has 0 aliphatic carbocycles. The summed E-state index contributed by atoms with van der Waals surface area (Å²) in [5.41, 5.74) is 1.36. The molecule has 2 atom stereocenters. The SMILES string of the molecule is O=C(c1ccc2ccccc2c1)N1CC2ON=C(c3c(F)cccc3Cl)C2C1. The van der Waals surface area contributed by atoms with Crippen LogP contribution in [0.5, 0.6) is 0 Å². The summed E-state index contributed by atoms with van der Waals surface area (Å²) < 4.78 is 14.3. The monoisotopic (exact) mass is 394 g/mol. The first kappa shape index (κ1) is 17.2. The third-order valence-electron chi connectivity index (χ3n) is 5.41. The Morgan fingerprint density at radius 3 is 2.71 bits per heavy atom. The summed E-state index contributed by atoms with van der Waals surface area (Å²) >= 11 is 6.19. The first-order chi connectivity index (χ1) is 13.6. The predicted molar refractivity (Wildman–Crippen MR) is 106 cm³/mol. The second kappa shape index (κ2) is 6.60. The summed E-state index contributed by atoms with van der Waals surface area (Å²) in [6, 6.07) is 18.1. The summed E-state index contributed by atoms with van der Waals surface area (Å²) in [4.78, 5) is 20.3. The lowest BCUT2D eigenvalue weighted by atomic mass is 9.94. The van der Waals surface area contributed by atoms with Crippen LogP contribution in [0.2, 0.25) is 5.02 Å². The van der Waals surface area contributed by atoms with Gasteiger partial charge in [0.25, 0.3) is 5.91 Å². The number of hydrogen-bond acceptors (Lipinski definition) is 3. The molecule has 0 N–H and O–H groups in total. The second-order valence-electron chi connectivity index (χ2n) is 7.10. The number of benzene rings is 3. The van der Waals surface area contributed by atoms with Gasteiger partial charge < -0.3 is 9.74 Å². The molecule has 3 aromatic rings. The van der Waals surface area contributed by atoms with Crippen molar-refractivity contribution in [1.82, 2.24) is 4.90 Å². The number of likely N-dealkylation sites (tertiary alicyclic amines) is 1. The van der Waals surface area contributed by atoms with Crippen LogP contribution in [0, 0.1) is 11.7 Å². The lowest BCUT2D eigenvalue weighted by molar-refractivity contribution is 0.0631. The second-order valence-corrected chi connectivity index (χ2v) is 7.50. The Bertz CT molecular complexity index is 1110. The first-order valence-electron chi connectivity index (χ1n) is 9.08. The van der Waals surface area contributed by atoms with Gasteiger partial charge in [0.05, 0.1) is 23.0 Å². The average molecular weight is 395 g/mol. The third-order valence-corrected chi connectivity index (χ3v) is 5.72. The highest BCUT2D eigenvalue weighted by Gasteiger charge is 2.45. The van der Waals surface area contributed by atoms with Crippen molar-refractivity contribution in [1.29, 1.82) is 0 Å². The molecule has 2 unspecified atom stereocenters. The molecular weight excluding hydrogens is 379 g/mol. The summed E-state index contributed by atoms with van der Waals surface area (Å²) in [5, 5.41) is 6.47. The molecule has 4 nitrogen and oxygen atoms in total. The molecule has 1 saturated heterocycles. The molecule has 0 aromatic heterocycles. The number of carbonyl (C=O) groups excluding carboxylic acids is 1. The maximum absolute atomic E-state index is 14.3. The van der Waals surface area contributed by atoms with E-state index in [1.165, 1.54) is 6.07 Å². The highest BCUT2D eigenvalue weighted by atomic mass is 35.5. The zero-order chi connectivity index (χ0) is 19.3. The van der Waals surface area contributed by atoms with E-state index in [1.807, 2.05) is 42.5 Å². The number of hydrogen-bond donors (Lipinski definition) is 0. The van der Waals surface area contributed by atoms with Crippen LogP contribution in [0.3, 0.4) is 0 Å². The number of fused-ring (bicyclic) bond motifs is 2. The highest BCUT2D eigenvalue weighted by molar-refractivity contribution is 6.34. The minimum absolute atomic E-state index is 0.0669. The molecule has 2 heterocycles. The van der Waals surface area contributed by atoms with Crippen LogP contribution in [0.1, 0.15) is 15.9 Å². The normalized spacial score (nSPS) is 20.8. The smallest absolute Gasteiger partial charge is 0.254 e. The largest absolute Gasteiger partial charge is 0.390 e. The van der Waals surface area contributed by atoms with Crippen molar-refractivity contribution in [2.24, 2.45) is 11.1 Å². The van der Waals surface area contributed by atoms with E-state index in [1.54, 1.807) is 17.0 Å². The Morgan fingerprint density at radius 1 is 1.07 bits per heavy atom. The number of oxime groups is 1. The Balaban J connectivity index is 1.41. The summed E-state index contributed by atoms with van der Waals surface area (Å²) in [5.74, 6) is -0.698. The Morgan fingerprint density at radius 2 is 1.89 bits per heavy atom. The van der Waals surface area contributed by atoms with Gasteiger partial charge in [-0.1, -0.05) is 53.2 Å². The van der Waals surface area contributed by atoms with E-state index in [0.29, 0.717) is 29.4 Å². The van der Waals surface area contributed by atoms with E-state index in [4.69, 9.17) is 16.4 Å². The van der Waals surface area contributed by atoms with Gasteiger partial charge in [-0.3, -0.25) is 4.79 Å². The van der Waals surface area contributed by atoms with Crippen LogP contribution in [0.4, 0.5) is 4.39 Å². The predicted octanol–water partition coefficient (Wildman–Crippen LogP) is 4.51. The molecule has 28 heavy (non-hydrogen) atoms. The topological polar surface area (TPSA) is 41.9 Å². The quantitative estimate of drug-likeness (QED) is 0.641. The maximum Gasteiger partial charge on any atom is 0.254 e.